The summed E-state index contributed by atoms with van der Waals surface area (Å²) in [5.41, 5.74) is 0. The fourth-order valence-electron chi connectivity index (χ4n) is 0. The highest BCUT2D eigenvalue weighted by atomic mass is 127. The van der Waals surface area contributed by atoms with Crippen LogP contribution in [0.25, 0.3) is 0 Å². The number of aliphatic hydroxyl groups excluding tert-OH is 1. The summed E-state index contributed by atoms with van der Waals surface area (Å²) < 4.78 is 1.65. The molecule has 0 aliphatic rings. The van der Waals surface area contributed by atoms with E-state index >= 15 is 0 Å². The van der Waals surface area contributed by atoms with Gasteiger partial charge >= 0.3 is 0 Å². The van der Waals surface area contributed by atoms with Crippen LogP contribution in [0.3, 0.4) is 0 Å². The summed E-state index contributed by atoms with van der Waals surface area (Å²) in [4.78, 5) is 0. The summed E-state index contributed by atoms with van der Waals surface area (Å²) in [6.45, 7) is 0.126. The monoisotopic (exact) mass is 187 g/mol. The van der Waals surface area contributed by atoms with Crippen molar-refractivity contribution in [1.29, 1.82) is 0 Å². The van der Waals surface area contributed by atoms with Crippen molar-refractivity contribution < 1.29 is 5.11 Å². The lowest BCUT2D eigenvalue weighted by Gasteiger charge is -1.95. The number of rotatable bonds is 1. The maximum Gasteiger partial charge on any atom is 0.104 e. The van der Waals surface area contributed by atoms with E-state index in [-0.39, 0.29) is 6.73 Å². The molecule has 0 spiro atoms. The molecule has 5 heavy (non-hydrogen) atoms. The number of halogens is 1. The normalized spacial score (nSPS) is 9.60. The fourth-order valence-corrected chi connectivity index (χ4v) is 0. The molecule has 0 unspecified atom stereocenters. The molecule has 0 aliphatic carbocycles. The van der Waals surface area contributed by atoms with Crippen LogP contribution in [0.15, 0.2) is 0 Å². The van der Waals surface area contributed by atoms with Crippen LogP contribution < -0.4 is 0 Å². The Bertz CT molecular complexity index is 23.6. The third kappa shape index (κ3) is 4.65. The highest BCUT2D eigenvalue weighted by molar-refractivity contribution is 14.1. The molecule has 0 atom stereocenters. The highest BCUT2D eigenvalue weighted by Crippen LogP contribution is 1.85. The second kappa shape index (κ2) is 2.87. The van der Waals surface area contributed by atoms with Gasteiger partial charge in [0, 0.05) is 22.9 Å². The van der Waals surface area contributed by atoms with E-state index in [9.17, 15) is 0 Å². The number of hydrogen-bond donors (Lipinski definition) is 1. The van der Waals surface area contributed by atoms with Crippen molar-refractivity contribution in [3.05, 3.63) is 0 Å². The van der Waals surface area contributed by atoms with Gasteiger partial charge in [0.1, 0.15) is 6.73 Å². The Balaban J connectivity index is 2.54. The van der Waals surface area contributed by atoms with E-state index in [0.29, 0.717) is 0 Å². The number of aliphatic hydroxyl groups is 1. The minimum atomic E-state index is 0.126. The molecular formula is C2H6INO. The average molecular weight is 187 g/mol. The lowest BCUT2D eigenvalue weighted by molar-refractivity contribution is 0.222. The molecule has 0 bridgehead atoms. The van der Waals surface area contributed by atoms with Crippen molar-refractivity contribution in [3.63, 3.8) is 0 Å². The van der Waals surface area contributed by atoms with Crippen molar-refractivity contribution in [1.82, 2.24) is 3.11 Å². The largest absolute Gasteiger partial charge is 0.380 e. The zero-order chi connectivity index (χ0) is 4.28. The zero-order valence-corrected chi connectivity index (χ0v) is 5.14. The Hall–Kier alpha value is 0.650. The Morgan fingerprint density at radius 2 is 2.20 bits per heavy atom. The van der Waals surface area contributed by atoms with Crippen LogP contribution >= 0.6 is 22.9 Å². The number of hydrogen-bond acceptors (Lipinski definition) is 2. The molecule has 1 N–H and O–H groups in total. The SMILES string of the molecule is CN(I)CO. The molecule has 3 heteroatoms. The third-order valence-electron chi connectivity index (χ3n) is 0.195. The molecule has 2 nitrogen and oxygen atoms in total. The molecule has 0 aromatic carbocycles. The first kappa shape index (κ1) is 5.65. The van der Waals surface area contributed by atoms with Gasteiger partial charge in [0.05, 0.1) is 0 Å². The van der Waals surface area contributed by atoms with Gasteiger partial charge in [0.25, 0.3) is 0 Å². The van der Waals surface area contributed by atoms with E-state index in [0.717, 1.165) is 0 Å². The standard InChI is InChI=1S/C2H6INO/c1-4(3)2-5/h5H,2H2,1H3. The molecule has 0 aliphatic heterocycles. The Morgan fingerprint density at radius 1 is 2.00 bits per heavy atom. The van der Waals surface area contributed by atoms with E-state index < -0.39 is 0 Å². The van der Waals surface area contributed by atoms with Crippen molar-refractivity contribution in [2.45, 2.75) is 0 Å². The lowest BCUT2D eigenvalue weighted by atomic mass is 11.2. The van der Waals surface area contributed by atoms with Gasteiger partial charge in [-0.3, -0.25) is 0 Å². The maximum absolute atomic E-state index is 8.06. The molecule has 0 aromatic heterocycles. The minimum Gasteiger partial charge on any atom is -0.380 e. The lowest BCUT2D eigenvalue weighted by Crippen LogP contribution is -2.02. The predicted octanol–water partition coefficient (Wildman–Crippen LogP) is 0.218. The topological polar surface area (TPSA) is 23.5 Å². The van der Waals surface area contributed by atoms with Gasteiger partial charge in [0.2, 0.25) is 0 Å². The quantitative estimate of drug-likeness (QED) is 0.360. The summed E-state index contributed by atoms with van der Waals surface area (Å²) in [5, 5.41) is 8.06. The molecule has 0 rings (SSSR count). The van der Waals surface area contributed by atoms with Crippen molar-refractivity contribution in [2.75, 3.05) is 13.8 Å². The second-order valence-corrected chi connectivity index (χ2v) is 2.39. The Morgan fingerprint density at radius 3 is 2.20 bits per heavy atom. The molecule has 0 heterocycles. The van der Waals surface area contributed by atoms with E-state index in [1.165, 1.54) is 0 Å². The maximum atomic E-state index is 8.06. The van der Waals surface area contributed by atoms with Crippen LogP contribution in [-0.2, 0) is 0 Å². The Labute approximate surface area is 45.3 Å². The molecule has 0 saturated heterocycles. The first-order valence-corrected chi connectivity index (χ1v) is 2.21. The van der Waals surface area contributed by atoms with Crippen molar-refractivity contribution >= 4 is 22.9 Å². The molecular weight excluding hydrogens is 181 g/mol. The zero-order valence-electron chi connectivity index (χ0n) is 2.98. The van der Waals surface area contributed by atoms with Gasteiger partial charge in [-0.25, -0.2) is 3.11 Å². The van der Waals surface area contributed by atoms with E-state index in [4.69, 9.17) is 5.11 Å². The summed E-state index contributed by atoms with van der Waals surface area (Å²) >= 11 is 1.99. The minimum absolute atomic E-state index is 0.126. The van der Waals surface area contributed by atoms with Crippen LogP contribution in [0.1, 0.15) is 0 Å². The van der Waals surface area contributed by atoms with Crippen LogP contribution in [0.4, 0.5) is 0 Å². The summed E-state index contributed by atoms with van der Waals surface area (Å²) in [5.74, 6) is 0. The van der Waals surface area contributed by atoms with E-state index in [1.54, 1.807) is 10.2 Å². The average Bonchev–Trinajstić information content (AvgIpc) is 1.38. The van der Waals surface area contributed by atoms with Gasteiger partial charge in [0.15, 0.2) is 0 Å². The van der Waals surface area contributed by atoms with E-state index in [2.05, 4.69) is 0 Å². The smallest absolute Gasteiger partial charge is 0.104 e. The first-order valence-electron chi connectivity index (χ1n) is 1.25. The van der Waals surface area contributed by atoms with Gasteiger partial charge < -0.3 is 5.11 Å². The fraction of sp³-hybridized carbons (Fsp3) is 1.00. The van der Waals surface area contributed by atoms with Gasteiger partial charge in [-0.15, -0.1) is 0 Å². The predicted molar refractivity (Wildman–Crippen MR) is 28.9 cm³/mol. The summed E-state index contributed by atoms with van der Waals surface area (Å²) in [6, 6.07) is 0. The molecule has 0 aromatic rings. The molecule has 32 valence electrons. The van der Waals surface area contributed by atoms with Crippen LogP contribution in [0.2, 0.25) is 0 Å². The van der Waals surface area contributed by atoms with Crippen LogP contribution in [0.5, 0.6) is 0 Å². The van der Waals surface area contributed by atoms with Crippen molar-refractivity contribution in [2.24, 2.45) is 0 Å². The first-order chi connectivity index (χ1) is 2.27. The molecule has 0 saturated carbocycles. The third-order valence-corrected chi connectivity index (χ3v) is 0.500. The molecule has 0 amide bonds. The van der Waals surface area contributed by atoms with E-state index in [1.807, 2.05) is 22.9 Å². The molecule has 0 radical (unpaired) electrons. The summed E-state index contributed by atoms with van der Waals surface area (Å²) in [6.07, 6.45) is 0. The van der Waals surface area contributed by atoms with Gasteiger partial charge in [-0.1, -0.05) is 0 Å². The Kier molecular flexibility index (Phi) is 3.24. The molecule has 0 fully saturated rings. The van der Waals surface area contributed by atoms with Crippen LogP contribution in [-0.4, -0.2) is 22.0 Å². The van der Waals surface area contributed by atoms with Gasteiger partial charge in [-0.2, -0.15) is 0 Å². The summed E-state index contributed by atoms with van der Waals surface area (Å²) in [7, 11) is 1.79. The highest BCUT2D eigenvalue weighted by Gasteiger charge is 1.76. The second-order valence-electron chi connectivity index (χ2n) is 0.746. The van der Waals surface area contributed by atoms with Gasteiger partial charge in [-0.05, 0) is 7.05 Å². The van der Waals surface area contributed by atoms with Crippen molar-refractivity contribution in [3.8, 4) is 0 Å². The van der Waals surface area contributed by atoms with Crippen LogP contribution in [0, 0.1) is 0 Å². The number of nitrogens with zero attached hydrogens (tertiary/aromatic N) is 1.